The molecule has 1 aromatic carbocycles. The van der Waals surface area contributed by atoms with Crippen LogP contribution in [0.25, 0.3) is 6.08 Å². The highest BCUT2D eigenvalue weighted by atomic mass is 35.5. The Morgan fingerprint density at radius 1 is 1.25 bits per heavy atom. The summed E-state index contributed by atoms with van der Waals surface area (Å²) < 4.78 is 7.60. The number of nitrogens with one attached hydrogen (secondary N) is 2. The van der Waals surface area contributed by atoms with Gasteiger partial charge in [0, 0.05) is 41.1 Å². The first-order valence-electron chi connectivity index (χ1n) is 12.1. The Morgan fingerprint density at radius 3 is 2.83 bits per heavy atom. The SMILES string of the molecule is CCNC(=O)c1cc(C(=O)N[C@@H](C)C=Cc2cnn(Cc3ccc(OCC4CC4)cc3Cl)c2)ccn1. The molecule has 1 fully saturated rings. The van der Waals surface area contributed by atoms with Gasteiger partial charge in [-0.1, -0.05) is 29.8 Å². The van der Waals surface area contributed by atoms with Gasteiger partial charge in [0.05, 0.1) is 19.3 Å². The van der Waals surface area contributed by atoms with Crippen LogP contribution in [0.2, 0.25) is 5.02 Å². The number of amides is 2. The van der Waals surface area contributed by atoms with Crippen molar-refractivity contribution < 1.29 is 14.3 Å². The number of carbonyl (C=O) groups is 2. The maximum absolute atomic E-state index is 12.6. The van der Waals surface area contributed by atoms with Crippen LogP contribution in [0.5, 0.6) is 5.75 Å². The third-order valence-electron chi connectivity index (χ3n) is 5.72. The molecule has 9 heteroatoms. The molecule has 2 heterocycles. The Morgan fingerprint density at radius 2 is 2.08 bits per heavy atom. The van der Waals surface area contributed by atoms with E-state index in [1.54, 1.807) is 12.3 Å². The summed E-state index contributed by atoms with van der Waals surface area (Å²) in [5.74, 6) is 0.895. The fourth-order valence-corrected chi connectivity index (χ4v) is 3.74. The number of rotatable bonds is 11. The normalized spacial score (nSPS) is 14.0. The van der Waals surface area contributed by atoms with E-state index in [0.717, 1.165) is 23.5 Å². The van der Waals surface area contributed by atoms with Crippen molar-refractivity contribution in [2.24, 2.45) is 5.92 Å². The Labute approximate surface area is 215 Å². The van der Waals surface area contributed by atoms with Gasteiger partial charge < -0.3 is 15.4 Å². The summed E-state index contributed by atoms with van der Waals surface area (Å²) in [6, 6.07) is 8.60. The summed E-state index contributed by atoms with van der Waals surface area (Å²) >= 11 is 6.46. The molecule has 0 bridgehead atoms. The van der Waals surface area contributed by atoms with Gasteiger partial charge in [-0.25, -0.2) is 0 Å². The largest absolute Gasteiger partial charge is 0.493 e. The second-order valence-electron chi connectivity index (χ2n) is 8.89. The Bertz CT molecular complexity index is 1250. The Balaban J connectivity index is 1.30. The third kappa shape index (κ3) is 7.18. The first-order valence-corrected chi connectivity index (χ1v) is 12.5. The number of benzene rings is 1. The molecule has 4 rings (SSSR count). The highest BCUT2D eigenvalue weighted by Crippen LogP contribution is 2.30. The molecule has 3 aromatic rings. The lowest BCUT2D eigenvalue weighted by Crippen LogP contribution is -2.31. The lowest BCUT2D eigenvalue weighted by Gasteiger charge is -2.10. The molecular weight excluding hydrogens is 478 g/mol. The van der Waals surface area contributed by atoms with Gasteiger partial charge in [-0.05, 0) is 62.4 Å². The summed E-state index contributed by atoms with van der Waals surface area (Å²) in [4.78, 5) is 28.6. The number of ether oxygens (including phenoxy) is 1. The third-order valence-corrected chi connectivity index (χ3v) is 6.07. The van der Waals surface area contributed by atoms with Crippen LogP contribution in [-0.4, -0.2) is 45.8 Å². The molecular formula is C27H30ClN5O3. The second kappa shape index (κ2) is 11.9. The van der Waals surface area contributed by atoms with Crippen LogP contribution < -0.4 is 15.4 Å². The lowest BCUT2D eigenvalue weighted by atomic mass is 10.2. The van der Waals surface area contributed by atoms with Gasteiger partial charge in [0.15, 0.2) is 0 Å². The molecule has 1 aliphatic rings. The molecule has 0 spiro atoms. The topological polar surface area (TPSA) is 98.1 Å². The summed E-state index contributed by atoms with van der Waals surface area (Å²) in [6.07, 6.45) is 11.4. The Kier molecular flexibility index (Phi) is 8.38. The first-order chi connectivity index (χ1) is 17.4. The molecule has 188 valence electrons. The summed E-state index contributed by atoms with van der Waals surface area (Å²) in [5, 5.41) is 10.6. The summed E-state index contributed by atoms with van der Waals surface area (Å²) in [5.41, 5.74) is 2.44. The zero-order chi connectivity index (χ0) is 25.5. The van der Waals surface area contributed by atoms with E-state index in [1.807, 2.05) is 55.1 Å². The molecule has 36 heavy (non-hydrogen) atoms. The number of hydrogen-bond acceptors (Lipinski definition) is 5. The standard InChI is InChI=1S/C27H30ClN5O3/c1-3-29-27(35)25-12-21(10-11-30-25)26(34)32-18(2)4-5-20-14-31-33(15-20)16-22-8-9-23(13-24(22)28)36-17-19-6-7-19/h4-5,8-15,18-19H,3,6-7,16-17H2,1-2H3,(H,29,35)(H,32,34)/t18-/m0/s1. The molecule has 2 aromatic heterocycles. The van der Waals surface area contributed by atoms with Crippen molar-refractivity contribution in [1.29, 1.82) is 0 Å². The minimum absolute atomic E-state index is 0.209. The zero-order valence-electron chi connectivity index (χ0n) is 20.4. The quantitative estimate of drug-likeness (QED) is 0.402. The van der Waals surface area contributed by atoms with E-state index in [2.05, 4.69) is 20.7 Å². The van der Waals surface area contributed by atoms with Gasteiger partial charge in [-0.2, -0.15) is 5.10 Å². The van der Waals surface area contributed by atoms with Crippen LogP contribution >= 0.6 is 11.6 Å². The number of nitrogens with zero attached hydrogens (tertiary/aromatic N) is 3. The minimum Gasteiger partial charge on any atom is -0.493 e. The van der Waals surface area contributed by atoms with Crippen LogP contribution in [0.4, 0.5) is 0 Å². The highest BCUT2D eigenvalue weighted by Gasteiger charge is 2.22. The fourth-order valence-electron chi connectivity index (χ4n) is 3.51. The van der Waals surface area contributed by atoms with Crippen molar-refractivity contribution in [3.05, 3.63) is 82.4 Å². The van der Waals surface area contributed by atoms with Crippen molar-refractivity contribution in [3.8, 4) is 5.75 Å². The monoisotopic (exact) mass is 507 g/mol. The van der Waals surface area contributed by atoms with Crippen molar-refractivity contribution in [2.45, 2.75) is 39.3 Å². The van der Waals surface area contributed by atoms with Crippen LogP contribution in [0.15, 0.2) is 55.0 Å². The fraction of sp³-hybridized carbons (Fsp3) is 0.333. The van der Waals surface area contributed by atoms with E-state index >= 15 is 0 Å². The molecule has 2 amide bonds. The number of carbonyl (C=O) groups excluding carboxylic acids is 2. The van der Waals surface area contributed by atoms with Gasteiger partial charge in [0.2, 0.25) is 0 Å². The molecule has 1 saturated carbocycles. The molecule has 0 unspecified atom stereocenters. The average molecular weight is 508 g/mol. The molecule has 8 nitrogen and oxygen atoms in total. The van der Waals surface area contributed by atoms with Gasteiger partial charge in [-0.3, -0.25) is 19.3 Å². The Hall–Kier alpha value is -3.65. The van der Waals surface area contributed by atoms with Gasteiger partial charge in [-0.15, -0.1) is 0 Å². The van der Waals surface area contributed by atoms with Crippen LogP contribution in [0.3, 0.4) is 0 Å². The van der Waals surface area contributed by atoms with Crippen molar-refractivity contribution in [1.82, 2.24) is 25.4 Å². The predicted molar refractivity (Wildman–Crippen MR) is 139 cm³/mol. The molecule has 1 aliphatic carbocycles. The average Bonchev–Trinajstić information content (AvgIpc) is 3.60. The molecule has 0 saturated heterocycles. The molecule has 1 atom stereocenters. The van der Waals surface area contributed by atoms with Crippen molar-refractivity contribution in [3.63, 3.8) is 0 Å². The maximum atomic E-state index is 12.6. The maximum Gasteiger partial charge on any atom is 0.269 e. The zero-order valence-corrected chi connectivity index (χ0v) is 21.2. The van der Waals surface area contributed by atoms with Crippen molar-refractivity contribution in [2.75, 3.05) is 13.2 Å². The molecule has 2 N–H and O–H groups in total. The van der Waals surface area contributed by atoms with E-state index in [0.29, 0.717) is 29.6 Å². The van der Waals surface area contributed by atoms with Crippen molar-refractivity contribution >= 4 is 29.5 Å². The van der Waals surface area contributed by atoms with E-state index < -0.39 is 0 Å². The van der Waals surface area contributed by atoms with Crippen LogP contribution in [0.1, 0.15) is 58.7 Å². The second-order valence-corrected chi connectivity index (χ2v) is 9.30. The van der Waals surface area contributed by atoms with Crippen LogP contribution in [0, 0.1) is 5.92 Å². The lowest BCUT2D eigenvalue weighted by molar-refractivity contribution is 0.0947. The van der Waals surface area contributed by atoms with E-state index in [9.17, 15) is 9.59 Å². The van der Waals surface area contributed by atoms with Gasteiger partial charge in [0.1, 0.15) is 11.4 Å². The summed E-state index contributed by atoms with van der Waals surface area (Å²) in [7, 11) is 0. The first kappa shape index (κ1) is 25.4. The smallest absolute Gasteiger partial charge is 0.269 e. The highest BCUT2D eigenvalue weighted by molar-refractivity contribution is 6.31. The van der Waals surface area contributed by atoms with E-state index in [-0.39, 0.29) is 23.6 Å². The van der Waals surface area contributed by atoms with E-state index in [4.69, 9.17) is 16.3 Å². The predicted octanol–water partition coefficient (Wildman–Crippen LogP) is 4.35. The molecule has 0 radical (unpaired) electrons. The number of pyridine rings is 1. The van der Waals surface area contributed by atoms with E-state index in [1.165, 1.54) is 25.1 Å². The van der Waals surface area contributed by atoms with Gasteiger partial charge in [0.25, 0.3) is 11.8 Å². The number of aromatic nitrogens is 3. The minimum atomic E-state index is -0.309. The number of halogens is 1. The summed E-state index contributed by atoms with van der Waals surface area (Å²) in [6.45, 7) is 5.48. The molecule has 0 aliphatic heterocycles. The number of hydrogen-bond donors (Lipinski definition) is 2. The van der Waals surface area contributed by atoms with Gasteiger partial charge >= 0.3 is 0 Å². The van der Waals surface area contributed by atoms with Crippen LogP contribution in [-0.2, 0) is 6.54 Å².